The SMILES string of the molecule is C.COC(=O)c1ccc(Br)cc1C.COC(=O)c1ccc(C2CC2)cc1C.OB(O)C1CC1. The average molecular weight is 521 g/mol. The molecule has 33 heavy (non-hydrogen) atoms. The number of halogens is 1. The Kier molecular flexibility index (Phi) is 11.8. The van der Waals surface area contributed by atoms with Gasteiger partial charge in [-0.15, -0.1) is 0 Å². The minimum atomic E-state index is -1.04. The summed E-state index contributed by atoms with van der Waals surface area (Å²) in [7, 11) is 1.76. The van der Waals surface area contributed by atoms with Gasteiger partial charge >= 0.3 is 19.1 Å². The Balaban J connectivity index is 0.000000261. The lowest BCUT2D eigenvalue weighted by Gasteiger charge is -2.05. The molecule has 0 radical (unpaired) electrons. The third-order valence-corrected chi connectivity index (χ3v) is 5.84. The summed E-state index contributed by atoms with van der Waals surface area (Å²) in [5.41, 5.74) is 4.57. The van der Waals surface area contributed by atoms with Crippen molar-refractivity contribution in [3.05, 3.63) is 68.7 Å². The Hall–Kier alpha value is -2.16. The van der Waals surface area contributed by atoms with Crippen LogP contribution in [0.25, 0.3) is 0 Å². The predicted molar refractivity (Wildman–Crippen MR) is 135 cm³/mol. The van der Waals surface area contributed by atoms with Gasteiger partial charge in [0.05, 0.1) is 25.3 Å². The van der Waals surface area contributed by atoms with Crippen molar-refractivity contribution in [1.82, 2.24) is 0 Å². The number of esters is 2. The molecule has 0 aromatic heterocycles. The van der Waals surface area contributed by atoms with Crippen LogP contribution in [0.2, 0.25) is 5.82 Å². The number of aryl methyl sites for hydroxylation is 2. The fraction of sp³-hybridized carbons (Fsp3) is 0.440. The molecule has 2 aliphatic carbocycles. The Morgan fingerprint density at radius 1 is 0.879 bits per heavy atom. The second-order valence-electron chi connectivity index (χ2n) is 8.04. The molecule has 2 fully saturated rings. The van der Waals surface area contributed by atoms with Gasteiger partial charge in [-0.1, -0.05) is 48.3 Å². The first-order valence-electron chi connectivity index (χ1n) is 10.6. The summed E-state index contributed by atoms with van der Waals surface area (Å²) in [6.45, 7) is 3.83. The summed E-state index contributed by atoms with van der Waals surface area (Å²) < 4.78 is 10.3. The van der Waals surface area contributed by atoms with Crippen LogP contribution < -0.4 is 0 Å². The molecule has 0 unspecified atom stereocenters. The van der Waals surface area contributed by atoms with E-state index in [0.717, 1.165) is 34.4 Å². The highest BCUT2D eigenvalue weighted by Gasteiger charge is 2.33. The van der Waals surface area contributed by atoms with Crippen LogP contribution in [-0.4, -0.2) is 43.3 Å². The molecule has 8 heteroatoms. The largest absolute Gasteiger partial charge is 0.465 e. The first-order valence-corrected chi connectivity index (χ1v) is 11.4. The van der Waals surface area contributed by atoms with Crippen LogP contribution in [0.3, 0.4) is 0 Å². The second kappa shape index (κ2) is 13.5. The topological polar surface area (TPSA) is 93.1 Å². The van der Waals surface area contributed by atoms with Crippen LogP contribution in [0.15, 0.2) is 40.9 Å². The van der Waals surface area contributed by atoms with E-state index >= 15 is 0 Å². The Labute approximate surface area is 205 Å². The van der Waals surface area contributed by atoms with Gasteiger partial charge in [-0.3, -0.25) is 0 Å². The molecule has 0 bridgehead atoms. The monoisotopic (exact) mass is 520 g/mol. The third-order valence-electron chi connectivity index (χ3n) is 5.34. The molecule has 2 N–H and O–H groups in total. The van der Waals surface area contributed by atoms with E-state index in [1.807, 2.05) is 38.1 Å². The van der Waals surface area contributed by atoms with Crippen molar-refractivity contribution in [3.63, 3.8) is 0 Å². The smallest absolute Gasteiger partial charge is 0.454 e. The molecule has 0 atom stereocenters. The highest BCUT2D eigenvalue weighted by Crippen LogP contribution is 2.40. The predicted octanol–water partition coefficient (Wildman–Crippen LogP) is 5.46. The van der Waals surface area contributed by atoms with E-state index < -0.39 is 7.12 Å². The van der Waals surface area contributed by atoms with E-state index in [1.165, 1.54) is 32.6 Å². The minimum Gasteiger partial charge on any atom is -0.465 e. The zero-order valence-electron chi connectivity index (χ0n) is 18.9. The number of methoxy groups -OCH3 is 2. The lowest BCUT2D eigenvalue weighted by Crippen LogP contribution is -2.09. The van der Waals surface area contributed by atoms with Crippen molar-refractivity contribution in [1.29, 1.82) is 0 Å². The number of hydrogen-bond donors (Lipinski definition) is 2. The van der Waals surface area contributed by atoms with Crippen LogP contribution in [0, 0.1) is 13.8 Å². The fourth-order valence-corrected chi connectivity index (χ4v) is 3.53. The molecule has 0 spiro atoms. The highest BCUT2D eigenvalue weighted by molar-refractivity contribution is 9.10. The quantitative estimate of drug-likeness (QED) is 0.410. The van der Waals surface area contributed by atoms with Gasteiger partial charge in [-0.2, -0.15) is 0 Å². The molecule has 2 aliphatic rings. The molecule has 0 amide bonds. The first-order chi connectivity index (χ1) is 15.2. The summed E-state index contributed by atoms with van der Waals surface area (Å²) in [4.78, 5) is 22.4. The van der Waals surface area contributed by atoms with E-state index in [1.54, 1.807) is 6.07 Å². The van der Waals surface area contributed by atoms with Gasteiger partial charge in [-0.05, 0) is 79.4 Å². The van der Waals surface area contributed by atoms with Crippen molar-refractivity contribution >= 4 is 35.0 Å². The van der Waals surface area contributed by atoms with Crippen LogP contribution in [-0.2, 0) is 9.47 Å². The summed E-state index contributed by atoms with van der Waals surface area (Å²) >= 11 is 3.32. The summed E-state index contributed by atoms with van der Waals surface area (Å²) in [6, 6.07) is 11.5. The van der Waals surface area contributed by atoms with Crippen molar-refractivity contribution in [3.8, 4) is 0 Å². The molecule has 6 nitrogen and oxygen atoms in total. The molecule has 180 valence electrons. The van der Waals surface area contributed by atoms with Gasteiger partial charge in [0.1, 0.15) is 0 Å². The van der Waals surface area contributed by atoms with Gasteiger partial charge in [0.15, 0.2) is 0 Å². The maximum absolute atomic E-state index is 11.3. The van der Waals surface area contributed by atoms with Gasteiger partial charge < -0.3 is 19.5 Å². The molecule has 0 aliphatic heterocycles. The van der Waals surface area contributed by atoms with Gasteiger partial charge in [0, 0.05) is 4.47 Å². The number of hydrogen-bond acceptors (Lipinski definition) is 6. The molecule has 4 rings (SSSR count). The third kappa shape index (κ3) is 9.31. The number of carbonyl (C=O) groups excluding carboxylic acids is 2. The normalized spacial score (nSPS) is 13.8. The van der Waals surface area contributed by atoms with Crippen LogP contribution in [0.1, 0.15) is 76.4 Å². The van der Waals surface area contributed by atoms with Crippen LogP contribution >= 0.6 is 15.9 Å². The molecular weight excluding hydrogens is 487 g/mol. The number of carbonyl (C=O) groups is 2. The zero-order chi connectivity index (χ0) is 23.8. The molecule has 0 heterocycles. The maximum atomic E-state index is 11.3. The Morgan fingerprint density at radius 2 is 1.36 bits per heavy atom. The van der Waals surface area contributed by atoms with E-state index in [0.29, 0.717) is 11.1 Å². The minimum absolute atomic E-state index is 0. The van der Waals surface area contributed by atoms with E-state index in [9.17, 15) is 9.59 Å². The molecule has 0 saturated heterocycles. The van der Waals surface area contributed by atoms with E-state index in [-0.39, 0.29) is 25.2 Å². The van der Waals surface area contributed by atoms with Crippen molar-refractivity contribution in [2.24, 2.45) is 0 Å². The summed E-state index contributed by atoms with van der Waals surface area (Å²) in [5, 5.41) is 16.5. The summed E-state index contributed by atoms with van der Waals surface area (Å²) in [6.07, 6.45) is 4.57. The lowest BCUT2D eigenvalue weighted by molar-refractivity contribution is 0.0591. The van der Waals surface area contributed by atoms with E-state index in [2.05, 4.69) is 26.7 Å². The van der Waals surface area contributed by atoms with Gasteiger partial charge in [0.25, 0.3) is 0 Å². The second-order valence-corrected chi connectivity index (χ2v) is 8.96. The van der Waals surface area contributed by atoms with Crippen molar-refractivity contribution in [2.45, 2.75) is 58.7 Å². The lowest BCUT2D eigenvalue weighted by atomic mass is 9.84. The fourth-order valence-electron chi connectivity index (χ4n) is 3.06. The van der Waals surface area contributed by atoms with Crippen molar-refractivity contribution < 1.29 is 29.1 Å². The first kappa shape index (κ1) is 28.9. The average Bonchev–Trinajstić information content (AvgIpc) is 3.66. The zero-order valence-corrected chi connectivity index (χ0v) is 20.5. The summed E-state index contributed by atoms with van der Waals surface area (Å²) in [5.74, 6) is 0.412. The van der Waals surface area contributed by atoms with Crippen LogP contribution in [0.5, 0.6) is 0 Å². The molecule has 2 aromatic rings. The highest BCUT2D eigenvalue weighted by atomic mass is 79.9. The number of ether oxygens (including phenoxy) is 2. The maximum Gasteiger partial charge on any atom is 0.454 e. The van der Waals surface area contributed by atoms with E-state index in [4.69, 9.17) is 14.8 Å². The number of benzene rings is 2. The Morgan fingerprint density at radius 3 is 1.70 bits per heavy atom. The Bertz CT molecular complexity index is 938. The van der Waals surface area contributed by atoms with Crippen LogP contribution in [0.4, 0.5) is 0 Å². The molecule has 2 saturated carbocycles. The van der Waals surface area contributed by atoms with Gasteiger partial charge in [0.2, 0.25) is 0 Å². The molecular formula is C25H34BBrO6. The van der Waals surface area contributed by atoms with Gasteiger partial charge in [-0.25, -0.2) is 9.59 Å². The molecule has 2 aromatic carbocycles. The van der Waals surface area contributed by atoms with Crippen molar-refractivity contribution in [2.75, 3.05) is 14.2 Å². The number of rotatable bonds is 4. The standard InChI is InChI=1S/C12H14O2.C9H9BrO2.C3H7BO2.CH4/c1-8-7-10(9-3-4-9)5-6-11(8)12(13)14-2;1-6-5-7(10)3-4-8(6)9(11)12-2;5-4(6)3-1-2-3;/h5-7,9H,3-4H2,1-2H3;3-5H,1-2H3;3,5-6H,1-2H2;1H4.